The smallest absolute Gasteiger partial charge is 0.280 e. The lowest BCUT2D eigenvalue weighted by molar-refractivity contribution is -0.106. The van der Waals surface area contributed by atoms with Gasteiger partial charge in [0.25, 0.3) is 5.56 Å². The molecule has 12 nitrogen and oxygen atoms in total. The largest absolute Gasteiger partial charge is 0.504 e. The molecule has 1 aliphatic rings. The number of aromatic nitrogens is 4. The SMILES string of the molecule is O=C/C(O)=C\Nc1nc2c(ncn2[C@@H]2O[C@H](CO)[C@@H](O)[C@H]2O)c(=O)[nH]1. The minimum atomic E-state index is -1.37. The summed E-state index contributed by atoms with van der Waals surface area (Å²) in [5.41, 5.74) is -0.635. The van der Waals surface area contributed by atoms with Crippen LogP contribution < -0.4 is 10.9 Å². The Morgan fingerprint density at radius 1 is 1.44 bits per heavy atom. The van der Waals surface area contributed by atoms with Gasteiger partial charge < -0.3 is 30.5 Å². The maximum atomic E-state index is 12.1. The number of imidazole rings is 1. The second-order valence-corrected chi connectivity index (χ2v) is 5.30. The van der Waals surface area contributed by atoms with Gasteiger partial charge in [0.15, 0.2) is 29.4 Å². The molecular formula is C13H15N5O7. The minimum absolute atomic E-state index is 0.0279. The molecule has 0 aliphatic carbocycles. The van der Waals surface area contributed by atoms with Gasteiger partial charge in [0, 0.05) is 6.20 Å². The number of fused-ring (bicyclic) bond motifs is 1. The molecule has 12 heteroatoms. The number of allylic oxidation sites excluding steroid dienone is 1. The number of carbonyl (C=O) groups excluding carboxylic acids is 1. The Morgan fingerprint density at radius 3 is 2.84 bits per heavy atom. The fourth-order valence-corrected chi connectivity index (χ4v) is 2.47. The number of ether oxygens (including phenoxy) is 1. The van der Waals surface area contributed by atoms with Crippen molar-refractivity contribution in [2.45, 2.75) is 24.5 Å². The van der Waals surface area contributed by atoms with E-state index < -0.39 is 42.5 Å². The molecule has 0 unspecified atom stereocenters. The highest BCUT2D eigenvalue weighted by molar-refractivity contribution is 5.72. The summed E-state index contributed by atoms with van der Waals surface area (Å²) in [5.74, 6) is -0.709. The first-order valence-electron chi connectivity index (χ1n) is 7.16. The van der Waals surface area contributed by atoms with E-state index in [0.29, 0.717) is 0 Å². The highest BCUT2D eigenvalue weighted by atomic mass is 16.6. The number of aldehydes is 1. The fraction of sp³-hybridized carbons (Fsp3) is 0.385. The average molecular weight is 353 g/mol. The lowest BCUT2D eigenvalue weighted by Gasteiger charge is -2.16. The summed E-state index contributed by atoms with van der Waals surface area (Å²) in [5, 5.41) is 40.6. The number of nitrogens with zero attached hydrogens (tertiary/aromatic N) is 3. The van der Waals surface area contributed by atoms with Crippen molar-refractivity contribution >= 4 is 23.4 Å². The number of hydrogen-bond donors (Lipinski definition) is 6. The molecule has 25 heavy (non-hydrogen) atoms. The van der Waals surface area contributed by atoms with Crippen LogP contribution >= 0.6 is 0 Å². The molecule has 134 valence electrons. The second-order valence-electron chi connectivity index (χ2n) is 5.30. The maximum Gasteiger partial charge on any atom is 0.280 e. The Bertz CT molecular complexity index is 875. The molecule has 1 aliphatic heterocycles. The molecule has 3 heterocycles. The van der Waals surface area contributed by atoms with E-state index in [1.165, 1.54) is 10.9 Å². The molecule has 0 radical (unpaired) electrons. The maximum absolute atomic E-state index is 12.1. The van der Waals surface area contributed by atoms with E-state index in [0.717, 1.165) is 6.20 Å². The Balaban J connectivity index is 2.01. The number of nitrogens with one attached hydrogen (secondary N) is 2. The second kappa shape index (κ2) is 6.60. The Hall–Kier alpha value is -2.80. The summed E-state index contributed by atoms with van der Waals surface area (Å²) in [7, 11) is 0. The van der Waals surface area contributed by atoms with Crippen molar-refractivity contribution in [1.29, 1.82) is 0 Å². The van der Waals surface area contributed by atoms with E-state index >= 15 is 0 Å². The van der Waals surface area contributed by atoms with Crippen molar-refractivity contribution in [2.24, 2.45) is 0 Å². The van der Waals surface area contributed by atoms with Crippen LogP contribution in [-0.2, 0) is 9.53 Å². The zero-order valence-corrected chi connectivity index (χ0v) is 12.6. The number of aromatic amines is 1. The lowest BCUT2D eigenvalue weighted by atomic mass is 10.1. The van der Waals surface area contributed by atoms with Crippen molar-refractivity contribution in [1.82, 2.24) is 19.5 Å². The Labute approximate surface area is 139 Å². The summed E-state index contributed by atoms with van der Waals surface area (Å²) in [6.45, 7) is -0.502. The molecule has 2 aromatic rings. The Kier molecular flexibility index (Phi) is 4.50. The predicted molar refractivity (Wildman–Crippen MR) is 81.6 cm³/mol. The third-order valence-electron chi connectivity index (χ3n) is 3.70. The molecule has 1 saturated heterocycles. The van der Waals surface area contributed by atoms with Crippen molar-refractivity contribution in [3.05, 3.63) is 28.6 Å². The van der Waals surface area contributed by atoms with Crippen molar-refractivity contribution in [3.63, 3.8) is 0 Å². The van der Waals surface area contributed by atoms with Gasteiger partial charge in [0.05, 0.1) is 12.9 Å². The van der Waals surface area contributed by atoms with E-state index in [2.05, 4.69) is 20.3 Å². The predicted octanol–water partition coefficient (Wildman–Crippen LogP) is -2.26. The quantitative estimate of drug-likeness (QED) is 0.195. The van der Waals surface area contributed by atoms with Crippen LogP contribution in [0, 0.1) is 0 Å². The molecule has 6 N–H and O–H groups in total. The molecule has 0 amide bonds. The van der Waals surface area contributed by atoms with Gasteiger partial charge in [-0.3, -0.25) is 19.1 Å². The van der Waals surface area contributed by atoms with Gasteiger partial charge in [0.2, 0.25) is 5.95 Å². The molecule has 0 bridgehead atoms. The van der Waals surface area contributed by atoms with Crippen molar-refractivity contribution in [2.75, 3.05) is 11.9 Å². The van der Waals surface area contributed by atoms with Crippen LogP contribution in [-0.4, -0.2) is 71.2 Å². The number of hydrogen-bond acceptors (Lipinski definition) is 10. The van der Waals surface area contributed by atoms with E-state index in [9.17, 15) is 19.8 Å². The first kappa shape index (κ1) is 17.0. The molecule has 0 aromatic carbocycles. The van der Waals surface area contributed by atoms with Crippen LogP contribution in [0.3, 0.4) is 0 Å². The number of anilines is 1. The van der Waals surface area contributed by atoms with Gasteiger partial charge >= 0.3 is 0 Å². The highest BCUT2D eigenvalue weighted by Gasteiger charge is 2.44. The van der Waals surface area contributed by atoms with Crippen LogP contribution in [0.1, 0.15) is 6.23 Å². The van der Waals surface area contributed by atoms with Crippen LogP contribution in [0.4, 0.5) is 5.95 Å². The lowest BCUT2D eigenvalue weighted by Crippen LogP contribution is -2.33. The van der Waals surface area contributed by atoms with Gasteiger partial charge in [-0.05, 0) is 0 Å². The third kappa shape index (κ3) is 2.98. The molecular weight excluding hydrogens is 338 g/mol. The van der Waals surface area contributed by atoms with Gasteiger partial charge in [-0.15, -0.1) is 0 Å². The summed E-state index contributed by atoms with van der Waals surface area (Å²) in [6.07, 6.45) is -2.49. The molecule has 0 saturated carbocycles. The van der Waals surface area contributed by atoms with Crippen LogP contribution in [0.5, 0.6) is 0 Å². The Morgan fingerprint density at radius 2 is 2.20 bits per heavy atom. The van der Waals surface area contributed by atoms with Gasteiger partial charge in [-0.2, -0.15) is 4.98 Å². The number of H-pyrrole nitrogens is 1. The van der Waals surface area contributed by atoms with E-state index in [4.69, 9.17) is 14.9 Å². The van der Waals surface area contributed by atoms with Crippen molar-refractivity contribution in [3.8, 4) is 0 Å². The molecule has 1 fully saturated rings. The normalized spacial score (nSPS) is 26.9. The van der Waals surface area contributed by atoms with E-state index in [-0.39, 0.29) is 23.4 Å². The summed E-state index contributed by atoms with van der Waals surface area (Å²) in [6, 6.07) is 0. The molecule has 0 spiro atoms. The zero-order valence-electron chi connectivity index (χ0n) is 12.6. The minimum Gasteiger partial charge on any atom is -0.504 e. The van der Waals surface area contributed by atoms with Gasteiger partial charge in [-0.1, -0.05) is 0 Å². The van der Waals surface area contributed by atoms with E-state index in [1.807, 2.05) is 0 Å². The number of aliphatic hydroxyl groups excluding tert-OH is 4. The monoisotopic (exact) mass is 353 g/mol. The average Bonchev–Trinajstić information content (AvgIpc) is 3.15. The van der Waals surface area contributed by atoms with E-state index in [1.54, 1.807) is 0 Å². The summed E-state index contributed by atoms with van der Waals surface area (Å²) >= 11 is 0. The van der Waals surface area contributed by atoms with Crippen LogP contribution in [0.15, 0.2) is 23.1 Å². The zero-order chi connectivity index (χ0) is 18.1. The molecule has 2 aromatic heterocycles. The van der Waals surface area contributed by atoms with Gasteiger partial charge in [0.1, 0.15) is 18.3 Å². The number of rotatable bonds is 5. The molecule has 4 atom stereocenters. The molecule has 3 rings (SSSR count). The third-order valence-corrected chi connectivity index (χ3v) is 3.70. The topological polar surface area (TPSA) is 183 Å². The van der Waals surface area contributed by atoms with Gasteiger partial charge in [-0.25, -0.2) is 4.98 Å². The standard InChI is InChI=1S/C13H15N5O7/c19-2-5(21)1-14-13-16-10-7(11(24)17-13)15-4-18(10)12-9(23)8(22)6(3-20)25-12/h1-2,4,6,8-9,12,20-23H,3H2,(H2,14,16,17,24)/b5-1+/t6-,8-,9-,12-/m1/s1. The summed E-state index contributed by atoms with van der Waals surface area (Å²) < 4.78 is 6.62. The number of aliphatic hydroxyl groups is 4. The first-order chi connectivity index (χ1) is 12.0. The summed E-state index contributed by atoms with van der Waals surface area (Å²) in [4.78, 5) is 32.8. The first-order valence-corrected chi connectivity index (χ1v) is 7.16. The fourth-order valence-electron chi connectivity index (χ4n) is 2.47. The number of carbonyl (C=O) groups is 1. The van der Waals surface area contributed by atoms with Crippen LogP contribution in [0.25, 0.3) is 11.2 Å². The van der Waals surface area contributed by atoms with Crippen LogP contribution in [0.2, 0.25) is 0 Å². The highest BCUT2D eigenvalue weighted by Crippen LogP contribution is 2.30. The van der Waals surface area contributed by atoms with Crippen molar-refractivity contribution < 1.29 is 30.0 Å².